The molecule has 0 bridgehead atoms. The van der Waals surface area contributed by atoms with Gasteiger partial charge in [0.1, 0.15) is 0 Å². The molecule has 0 amide bonds. The second-order valence-corrected chi connectivity index (χ2v) is 16.6. The van der Waals surface area contributed by atoms with E-state index in [1.807, 2.05) is 0 Å². The molecule has 0 unspecified atom stereocenters. The molecule has 0 aliphatic carbocycles. The Morgan fingerprint density at radius 1 is 1.14 bits per heavy atom. The van der Waals surface area contributed by atoms with Gasteiger partial charge in [-0.25, -0.2) is 0 Å². The van der Waals surface area contributed by atoms with Gasteiger partial charge in [-0.1, -0.05) is 33.7 Å². The molecule has 128 valence electrons. The van der Waals surface area contributed by atoms with Crippen molar-refractivity contribution in [3.8, 4) is 12.3 Å². The topological polar surface area (TPSA) is 20.2 Å². The standard InChI is InChI=1S/C18H34OS2Si/c1-6-7-8-11-18(20-13-10-14-21-18)22(16(2)3,17(4)5)15-9-12-19/h1,16-17,19H,7-15H2,2-5H3. The summed E-state index contributed by atoms with van der Waals surface area (Å²) < 4.78 is 0.402. The maximum Gasteiger partial charge on any atom is 0.0894 e. The first-order valence-electron chi connectivity index (χ1n) is 8.79. The van der Waals surface area contributed by atoms with Gasteiger partial charge in [0, 0.05) is 13.0 Å². The molecule has 0 aromatic rings. The number of aliphatic hydroxyl groups is 1. The zero-order valence-electron chi connectivity index (χ0n) is 14.9. The largest absolute Gasteiger partial charge is 0.396 e. The van der Waals surface area contributed by atoms with Crippen molar-refractivity contribution in [3.05, 3.63) is 0 Å². The molecular weight excluding hydrogens is 324 g/mol. The van der Waals surface area contributed by atoms with Gasteiger partial charge >= 0.3 is 0 Å². The van der Waals surface area contributed by atoms with Crippen LogP contribution in [0.1, 0.15) is 59.8 Å². The van der Waals surface area contributed by atoms with Gasteiger partial charge in [-0.05, 0) is 48.3 Å². The van der Waals surface area contributed by atoms with Gasteiger partial charge in [0.15, 0.2) is 0 Å². The van der Waals surface area contributed by atoms with Gasteiger partial charge in [0.05, 0.1) is 11.8 Å². The quantitative estimate of drug-likeness (QED) is 0.332. The Balaban J connectivity index is 3.18. The van der Waals surface area contributed by atoms with Gasteiger partial charge in [-0.2, -0.15) is 0 Å². The van der Waals surface area contributed by atoms with Crippen molar-refractivity contribution in [3.63, 3.8) is 0 Å². The summed E-state index contributed by atoms with van der Waals surface area (Å²) in [5, 5.41) is 9.47. The predicted molar refractivity (Wildman–Crippen MR) is 107 cm³/mol. The van der Waals surface area contributed by atoms with E-state index in [1.54, 1.807) is 0 Å². The molecule has 0 atom stereocenters. The van der Waals surface area contributed by atoms with Crippen LogP contribution in [-0.2, 0) is 0 Å². The SMILES string of the molecule is C#CCCCC1([Si](CCCO)(C(C)C)C(C)C)SCCCS1. The van der Waals surface area contributed by atoms with Crippen LogP contribution in [0.4, 0.5) is 0 Å². The molecule has 1 heterocycles. The van der Waals surface area contributed by atoms with Gasteiger partial charge in [-0.3, -0.25) is 0 Å². The number of aliphatic hydroxyl groups excluding tert-OH is 1. The normalized spacial score (nSPS) is 18.6. The fourth-order valence-electron chi connectivity index (χ4n) is 4.33. The molecule has 1 fully saturated rings. The average molecular weight is 359 g/mol. The molecule has 1 nitrogen and oxygen atoms in total. The molecule has 1 saturated heterocycles. The van der Waals surface area contributed by atoms with Crippen LogP contribution >= 0.6 is 23.5 Å². The van der Waals surface area contributed by atoms with Crippen molar-refractivity contribution in [1.29, 1.82) is 0 Å². The Kier molecular flexibility index (Phi) is 9.00. The monoisotopic (exact) mass is 358 g/mol. The summed E-state index contributed by atoms with van der Waals surface area (Å²) in [6.07, 6.45) is 11.2. The maximum absolute atomic E-state index is 9.47. The lowest BCUT2D eigenvalue weighted by molar-refractivity contribution is 0.293. The Morgan fingerprint density at radius 2 is 1.73 bits per heavy atom. The van der Waals surface area contributed by atoms with Crippen molar-refractivity contribution in [2.24, 2.45) is 0 Å². The van der Waals surface area contributed by atoms with Crippen LogP contribution in [0, 0.1) is 12.3 Å². The Bertz CT molecular complexity index is 349. The third-order valence-corrected chi connectivity index (χ3v) is 18.5. The molecule has 0 spiro atoms. The fraction of sp³-hybridized carbons (Fsp3) is 0.889. The van der Waals surface area contributed by atoms with E-state index in [0.29, 0.717) is 10.3 Å². The van der Waals surface area contributed by atoms with E-state index in [4.69, 9.17) is 6.42 Å². The fourth-order valence-corrected chi connectivity index (χ4v) is 19.4. The molecule has 0 aromatic heterocycles. The van der Waals surface area contributed by atoms with Gasteiger partial charge < -0.3 is 5.11 Å². The van der Waals surface area contributed by atoms with Crippen LogP contribution in [0.3, 0.4) is 0 Å². The highest BCUT2D eigenvalue weighted by Crippen LogP contribution is 2.60. The van der Waals surface area contributed by atoms with E-state index in [0.717, 1.165) is 30.3 Å². The highest BCUT2D eigenvalue weighted by Gasteiger charge is 2.57. The van der Waals surface area contributed by atoms with E-state index in [-0.39, 0.29) is 0 Å². The van der Waals surface area contributed by atoms with Crippen LogP contribution in [-0.4, -0.2) is 35.0 Å². The van der Waals surface area contributed by atoms with Crippen molar-refractivity contribution < 1.29 is 5.11 Å². The number of unbranched alkanes of at least 4 members (excludes halogenated alkanes) is 1. The molecule has 0 radical (unpaired) electrons. The lowest BCUT2D eigenvalue weighted by Crippen LogP contribution is -2.60. The number of hydrogen-bond donors (Lipinski definition) is 1. The molecule has 22 heavy (non-hydrogen) atoms. The van der Waals surface area contributed by atoms with E-state index >= 15 is 0 Å². The lowest BCUT2D eigenvalue weighted by atomic mass is 10.2. The summed E-state index contributed by atoms with van der Waals surface area (Å²) in [6, 6.07) is 1.26. The smallest absolute Gasteiger partial charge is 0.0894 e. The summed E-state index contributed by atoms with van der Waals surface area (Å²) in [7, 11) is -1.57. The minimum absolute atomic E-state index is 0.337. The average Bonchev–Trinajstić information content (AvgIpc) is 2.48. The maximum atomic E-state index is 9.47. The summed E-state index contributed by atoms with van der Waals surface area (Å²) in [5.41, 5.74) is 1.51. The third kappa shape index (κ3) is 4.29. The molecule has 1 aliphatic rings. The number of terminal acetylenes is 1. The first kappa shape index (κ1) is 20.5. The highest BCUT2D eigenvalue weighted by molar-refractivity contribution is 8.21. The molecule has 0 aromatic carbocycles. The van der Waals surface area contributed by atoms with E-state index in [9.17, 15) is 5.11 Å². The lowest BCUT2D eigenvalue weighted by Gasteiger charge is -2.55. The van der Waals surface area contributed by atoms with E-state index < -0.39 is 8.07 Å². The van der Waals surface area contributed by atoms with Crippen LogP contribution in [0.25, 0.3) is 0 Å². The Morgan fingerprint density at radius 3 is 2.18 bits per heavy atom. The molecule has 1 N–H and O–H groups in total. The van der Waals surface area contributed by atoms with E-state index in [2.05, 4.69) is 57.1 Å². The van der Waals surface area contributed by atoms with Crippen LogP contribution in [0.15, 0.2) is 0 Å². The molecule has 0 saturated carbocycles. The number of rotatable bonds is 9. The molecule has 1 rings (SSSR count). The minimum atomic E-state index is -1.57. The Labute approximate surface area is 147 Å². The summed E-state index contributed by atoms with van der Waals surface area (Å²) in [6.45, 7) is 10.1. The third-order valence-electron chi connectivity index (χ3n) is 5.30. The van der Waals surface area contributed by atoms with Gasteiger partial charge in [0.25, 0.3) is 0 Å². The van der Waals surface area contributed by atoms with Gasteiger partial charge in [0.2, 0.25) is 0 Å². The summed E-state index contributed by atoms with van der Waals surface area (Å²) in [4.78, 5) is 0. The first-order valence-corrected chi connectivity index (χ1v) is 13.1. The van der Waals surface area contributed by atoms with Crippen molar-refractivity contribution in [2.75, 3.05) is 18.1 Å². The van der Waals surface area contributed by atoms with Crippen LogP contribution in [0.5, 0.6) is 0 Å². The van der Waals surface area contributed by atoms with E-state index in [1.165, 1.54) is 30.4 Å². The zero-order valence-corrected chi connectivity index (χ0v) is 17.5. The summed E-state index contributed by atoms with van der Waals surface area (Å²) >= 11 is 4.50. The van der Waals surface area contributed by atoms with Crippen LogP contribution in [0.2, 0.25) is 17.1 Å². The number of thioether (sulfide) groups is 2. The van der Waals surface area contributed by atoms with Gasteiger partial charge in [-0.15, -0.1) is 35.9 Å². The number of hydrogen-bond acceptors (Lipinski definition) is 3. The van der Waals surface area contributed by atoms with Crippen LogP contribution < -0.4 is 0 Å². The molecule has 1 aliphatic heterocycles. The summed E-state index contributed by atoms with van der Waals surface area (Å²) in [5.74, 6) is 5.44. The van der Waals surface area contributed by atoms with Crippen molar-refractivity contribution in [2.45, 2.75) is 80.6 Å². The molecular formula is C18H34OS2Si. The predicted octanol–water partition coefficient (Wildman–Crippen LogP) is 5.55. The highest BCUT2D eigenvalue weighted by atomic mass is 32.2. The Hall–Kier alpha value is 0.437. The van der Waals surface area contributed by atoms with Crippen molar-refractivity contribution in [1.82, 2.24) is 0 Å². The van der Waals surface area contributed by atoms with Crippen molar-refractivity contribution >= 4 is 31.6 Å². The molecule has 4 heteroatoms. The minimum Gasteiger partial charge on any atom is -0.396 e. The first-order chi connectivity index (χ1) is 10.5. The second kappa shape index (κ2) is 9.66. The second-order valence-electron chi connectivity index (χ2n) is 7.04. The zero-order chi connectivity index (χ0) is 16.6.